The molecule has 1 aromatic carbocycles. The number of benzene rings is 1. The van der Waals surface area contributed by atoms with Gasteiger partial charge in [-0.2, -0.15) is 0 Å². The minimum Gasteiger partial charge on any atom is -0.369 e. The Morgan fingerprint density at radius 2 is 2.00 bits per heavy atom. The van der Waals surface area contributed by atoms with E-state index in [4.69, 9.17) is 5.73 Å². The zero-order valence-electron chi connectivity index (χ0n) is 11.1. The van der Waals surface area contributed by atoms with Crippen LogP contribution in [-0.2, 0) is 11.2 Å². The number of primary amides is 1. The average molecular weight is 245 g/mol. The molecule has 0 aliphatic carbocycles. The fraction of sp³-hybridized carbons (Fsp3) is 0.438. The van der Waals surface area contributed by atoms with Crippen molar-refractivity contribution in [2.24, 2.45) is 11.7 Å². The topological polar surface area (TPSA) is 43.1 Å². The molecule has 0 aliphatic rings. The van der Waals surface area contributed by atoms with Crippen molar-refractivity contribution in [3.05, 3.63) is 48.0 Å². The predicted molar refractivity (Wildman–Crippen MR) is 76.1 cm³/mol. The zero-order chi connectivity index (χ0) is 13.2. The largest absolute Gasteiger partial charge is 0.369 e. The van der Waals surface area contributed by atoms with E-state index < -0.39 is 0 Å². The first-order chi connectivity index (χ1) is 8.74. The van der Waals surface area contributed by atoms with Crippen LogP contribution >= 0.6 is 0 Å². The molecule has 1 aromatic rings. The normalized spacial score (nSPS) is 12.7. The van der Waals surface area contributed by atoms with Crippen molar-refractivity contribution in [3.8, 4) is 0 Å². The van der Waals surface area contributed by atoms with Crippen molar-refractivity contribution in [2.75, 3.05) is 0 Å². The highest BCUT2D eigenvalue weighted by molar-refractivity contribution is 5.76. The van der Waals surface area contributed by atoms with Crippen molar-refractivity contribution >= 4 is 5.91 Å². The van der Waals surface area contributed by atoms with Crippen LogP contribution in [0.25, 0.3) is 0 Å². The molecular weight excluding hydrogens is 222 g/mol. The van der Waals surface area contributed by atoms with E-state index in [2.05, 4.69) is 24.3 Å². The summed E-state index contributed by atoms with van der Waals surface area (Å²) >= 11 is 0. The summed E-state index contributed by atoms with van der Waals surface area (Å²) < 4.78 is 0. The minimum atomic E-state index is -0.176. The van der Waals surface area contributed by atoms with E-state index in [1.54, 1.807) is 0 Å². The molecule has 0 heterocycles. The van der Waals surface area contributed by atoms with Crippen molar-refractivity contribution in [1.29, 1.82) is 0 Å². The zero-order valence-corrected chi connectivity index (χ0v) is 11.1. The maximum absolute atomic E-state index is 11.4. The molecule has 1 rings (SSSR count). The number of unbranched alkanes of at least 4 members (excludes halogenated alkanes) is 2. The van der Waals surface area contributed by atoms with Crippen LogP contribution in [0.3, 0.4) is 0 Å². The second kappa shape index (κ2) is 8.51. The Hall–Kier alpha value is -1.57. The summed E-state index contributed by atoms with van der Waals surface area (Å²) in [6.45, 7) is 2.03. The average Bonchev–Trinajstić information content (AvgIpc) is 2.38. The third kappa shape index (κ3) is 5.67. The van der Waals surface area contributed by atoms with E-state index in [0.717, 1.165) is 32.1 Å². The highest BCUT2D eigenvalue weighted by Gasteiger charge is 2.15. The number of nitrogens with two attached hydrogens (primary N) is 1. The Bertz CT molecular complexity index is 370. The molecule has 0 saturated carbocycles. The Morgan fingerprint density at radius 3 is 2.61 bits per heavy atom. The lowest BCUT2D eigenvalue weighted by molar-refractivity contribution is -0.122. The molecule has 1 unspecified atom stereocenters. The van der Waals surface area contributed by atoms with Gasteiger partial charge in [-0.1, -0.05) is 48.9 Å². The van der Waals surface area contributed by atoms with Gasteiger partial charge in [0, 0.05) is 5.92 Å². The van der Waals surface area contributed by atoms with Gasteiger partial charge in [-0.25, -0.2) is 0 Å². The minimum absolute atomic E-state index is 0.0296. The van der Waals surface area contributed by atoms with Crippen LogP contribution in [-0.4, -0.2) is 5.91 Å². The lowest BCUT2D eigenvalue weighted by Gasteiger charge is -2.13. The van der Waals surface area contributed by atoms with E-state index in [-0.39, 0.29) is 11.8 Å². The summed E-state index contributed by atoms with van der Waals surface area (Å²) in [5.74, 6) is -0.206. The van der Waals surface area contributed by atoms with Crippen LogP contribution in [0.2, 0.25) is 0 Å². The van der Waals surface area contributed by atoms with Crippen molar-refractivity contribution in [2.45, 2.75) is 39.0 Å². The summed E-state index contributed by atoms with van der Waals surface area (Å²) in [4.78, 5) is 11.4. The number of amides is 1. The van der Waals surface area contributed by atoms with E-state index in [0.29, 0.717) is 0 Å². The second-order valence-corrected chi connectivity index (χ2v) is 4.64. The van der Waals surface area contributed by atoms with E-state index in [1.807, 2.05) is 25.1 Å². The number of carbonyl (C=O) groups is 1. The Morgan fingerprint density at radius 1 is 1.28 bits per heavy atom. The molecule has 0 spiro atoms. The summed E-state index contributed by atoms with van der Waals surface area (Å²) in [5, 5.41) is 0. The highest BCUT2D eigenvalue weighted by atomic mass is 16.1. The molecule has 0 saturated heterocycles. The van der Waals surface area contributed by atoms with Crippen LogP contribution in [0.1, 0.15) is 38.2 Å². The molecule has 98 valence electrons. The van der Waals surface area contributed by atoms with Gasteiger partial charge in [-0.15, -0.1) is 0 Å². The molecule has 2 nitrogen and oxygen atoms in total. The molecular formula is C16H23NO. The van der Waals surface area contributed by atoms with Crippen LogP contribution in [0.4, 0.5) is 0 Å². The third-order valence-corrected chi connectivity index (χ3v) is 3.14. The molecule has 18 heavy (non-hydrogen) atoms. The lowest BCUT2D eigenvalue weighted by atomic mass is 9.93. The monoisotopic (exact) mass is 245 g/mol. The fourth-order valence-electron chi connectivity index (χ4n) is 2.06. The fourth-order valence-corrected chi connectivity index (χ4v) is 2.06. The van der Waals surface area contributed by atoms with Gasteiger partial charge in [-0.3, -0.25) is 4.79 Å². The summed E-state index contributed by atoms with van der Waals surface area (Å²) in [5.41, 5.74) is 6.66. The van der Waals surface area contributed by atoms with Gasteiger partial charge in [-0.05, 0) is 38.2 Å². The maximum atomic E-state index is 11.4. The molecule has 0 aliphatic heterocycles. The number of carbonyl (C=O) groups excluding carboxylic acids is 1. The maximum Gasteiger partial charge on any atom is 0.220 e. The van der Waals surface area contributed by atoms with Crippen molar-refractivity contribution in [1.82, 2.24) is 0 Å². The third-order valence-electron chi connectivity index (χ3n) is 3.14. The van der Waals surface area contributed by atoms with Gasteiger partial charge < -0.3 is 5.73 Å². The molecule has 0 fully saturated rings. The van der Waals surface area contributed by atoms with Crippen LogP contribution in [0, 0.1) is 5.92 Å². The van der Waals surface area contributed by atoms with Crippen LogP contribution in [0.15, 0.2) is 42.5 Å². The molecule has 1 amide bonds. The van der Waals surface area contributed by atoms with Crippen LogP contribution in [0.5, 0.6) is 0 Å². The number of hydrogen-bond acceptors (Lipinski definition) is 1. The van der Waals surface area contributed by atoms with Gasteiger partial charge in [0.25, 0.3) is 0 Å². The summed E-state index contributed by atoms with van der Waals surface area (Å²) in [6.07, 6.45) is 9.16. The van der Waals surface area contributed by atoms with Gasteiger partial charge >= 0.3 is 0 Å². The SMILES string of the molecule is C/C=C/CCCCC(Cc1ccccc1)C(N)=O. The quantitative estimate of drug-likeness (QED) is 0.553. The van der Waals surface area contributed by atoms with Gasteiger partial charge in [0.05, 0.1) is 0 Å². The Labute approximate surface area is 110 Å². The molecule has 0 bridgehead atoms. The van der Waals surface area contributed by atoms with Gasteiger partial charge in [0.2, 0.25) is 5.91 Å². The predicted octanol–water partition coefficient (Wildman–Crippen LogP) is 3.47. The Kier molecular flexibility index (Phi) is 6.85. The molecule has 2 heteroatoms. The molecule has 2 N–H and O–H groups in total. The first kappa shape index (κ1) is 14.5. The van der Waals surface area contributed by atoms with Gasteiger partial charge in [0.15, 0.2) is 0 Å². The number of allylic oxidation sites excluding steroid dienone is 2. The molecule has 0 radical (unpaired) electrons. The smallest absolute Gasteiger partial charge is 0.220 e. The number of rotatable bonds is 8. The molecule has 0 aromatic heterocycles. The van der Waals surface area contributed by atoms with E-state index in [9.17, 15) is 4.79 Å². The highest BCUT2D eigenvalue weighted by Crippen LogP contribution is 2.16. The first-order valence-electron chi connectivity index (χ1n) is 6.68. The second-order valence-electron chi connectivity index (χ2n) is 4.64. The lowest BCUT2D eigenvalue weighted by Crippen LogP contribution is -2.25. The summed E-state index contributed by atoms with van der Waals surface area (Å²) in [7, 11) is 0. The van der Waals surface area contributed by atoms with Crippen LogP contribution < -0.4 is 5.73 Å². The van der Waals surface area contributed by atoms with Gasteiger partial charge in [0.1, 0.15) is 0 Å². The first-order valence-corrected chi connectivity index (χ1v) is 6.68. The van der Waals surface area contributed by atoms with Crippen molar-refractivity contribution < 1.29 is 4.79 Å². The summed E-state index contributed by atoms with van der Waals surface area (Å²) in [6, 6.07) is 10.1. The van der Waals surface area contributed by atoms with E-state index in [1.165, 1.54) is 5.56 Å². The van der Waals surface area contributed by atoms with E-state index >= 15 is 0 Å². The number of hydrogen-bond donors (Lipinski definition) is 1. The molecule has 1 atom stereocenters. The standard InChI is InChI=1S/C16H23NO/c1-2-3-4-5-9-12-15(16(17)18)13-14-10-7-6-8-11-14/h2-3,6-8,10-11,15H,4-5,9,12-13H2,1H3,(H2,17,18)/b3-2+. The Balaban J connectivity index is 2.38. The van der Waals surface area contributed by atoms with Crippen molar-refractivity contribution in [3.63, 3.8) is 0 Å².